The quantitative estimate of drug-likeness (QED) is 0.489. The number of rotatable bonds is 7. The van der Waals surface area contributed by atoms with Crippen LogP contribution in [0.25, 0.3) is 11.1 Å². The lowest BCUT2D eigenvalue weighted by molar-refractivity contribution is 0.0473. The second kappa shape index (κ2) is 10.1. The Morgan fingerprint density at radius 3 is 2.15 bits per heavy atom. The SMILES string of the molecule is CC(C)(C)CNC(=O)c1ccc(-c2ccccc2C(=O)O)c(C(=O)OCc2ccccc2)c1. The topological polar surface area (TPSA) is 92.7 Å². The fraction of sp³-hybridized carbons (Fsp3) is 0.222. The molecule has 2 N–H and O–H groups in total. The zero-order valence-corrected chi connectivity index (χ0v) is 18.9. The van der Waals surface area contributed by atoms with Gasteiger partial charge in [0.05, 0.1) is 11.1 Å². The molecule has 0 spiro atoms. The first-order chi connectivity index (χ1) is 15.7. The van der Waals surface area contributed by atoms with E-state index in [-0.39, 0.29) is 29.1 Å². The van der Waals surface area contributed by atoms with E-state index in [2.05, 4.69) is 5.32 Å². The van der Waals surface area contributed by atoms with E-state index in [1.807, 2.05) is 51.1 Å². The summed E-state index contributed by atoms with van der Waals surface area (Å²) in [6, 6.07) is 20.3. The van der Waals surface area contributed by atoms with E-state index in [9.17, 15) is 19.5 Å². The Kier molecular flexibility index (Phi) is 7.28. The van der Waals surface area contributed by atoms with Gasteiger partial charge in [0.1, 0.15) is 6.61 Å². The smallest absolute Gasteiger partial charge is 0.339 e. The molecule has 6 heteroatoms. The van der Waals surface area contributed by atoms with Crippen LogP contribution in [0.5, 0.6) is 0 Å². The van der Waals surface area contributed by atoms with Gasteiger partial charge in [0.2, 0.25) is 0 Å². The van der Waals surface area contributed by atoms with Gasteiger partial charge >= 0.3 is 11.9 Å². The van der Waals surface area contributed by atoms with Crippen LogP contribution in [0.15, 0.2) is 72.8 Å². The summed E-state index contributed by atoms with van der Waals surface area (Å²) in [6.07, 6.45) is 0. The standard InChI is InChI=1S/C27H27NO5/c1-27(2,3)17-28-24(29)19-13-14-21(20-11-7-8-12-22(20)25(30)31)23(15-19)26(32)33-16-18-9-5-4-6-10-18/h4-15H,16-17H2,1-3H3,(H,28,29)(H,30,31). The molecule has 0 radical (unpaired) electrons. The maximum absolute atomic E-state index is 13.1. The highest BCUT2D eigenvalue weighted by Gasteiger charge is 2.22. The number of hydrogen-bond acceptors (Lipinski definition) is 4. The molecule has 3 aromatic carbocycles. The van der Waals surface area contributed by atoms with Gasteiger partial charge in [-0.05, 0) is 40.3 Å². The van der Waals surface area contributed by atoms with Gasteiger partial charge in [0, 0.05) is 12.1 Å². The summed E-state index contributed by atoms with van der Waals surface area (Å²) in [4.78, 5) is 37.6. The number of carbonyl (C=O) groups excluding carboxylic acids is 2. The molecule has 0 saturated carbocycles. The zero-order chi connectivity index (χ0) is 24.0. The minimum absolute atomic E-state index is 0.0551. The molecule has 0 saturated heterocycles. The molecule has 0 aliphatic rings. The van der Waals surface area contributed by atoms with Crippen LogP contribution in [0.4, 0.5) is 0 Å². The number of amides is 1. The Morgan fingerprint density at radius 1 is 0.848 bits per heavy atom. The molecule has 1 amide bonds. The molecule has 0 fully saturated rings. The lowest BCUT2D eigenvalue weighted by Gasteiger charge is -2.19. The average molecular weight is 446 g/mol. The van der Waals surface area contributed by atoms with E-state index in [0.29, 0.717) is 23.2 Å². The van der Waals surface area contributed by atoms with E-state index in [1.165, 1.54) is 12.1 Å². The average Bonchev–Trinajstić information content (AvgIpc) is 2.80. The van der Waals surface area contributed by atoms with Crippen molar-refractivity contribution < 1.29 is 24.2 Å². The van der Waals surface area contributed by atoms with Crippen LogP contribution >= 0.6 is 0 Å². The number of nitrogens with one attached hydrogen (secondary N) is 1. The van der Waals surface area contributed by atoms with Crippen molar-refractivity contribution in [2.24, 2.45) is 5.41 Å². The summed E-state index contributed by atoms with van der Waals surface area (Å²) in [7, 11) is 0. The number of aromatic carboxylic acids is 1. The summed E-state index contributed by atoms with van der Waals surface area (Å²) >= 11 is 0. The number of carboxylic acids is 1. The molecular weight excluding hydrogens is 418 g/mol. The third-order valence-electron chi connectivity index (χ3n) is 4.94. The van der Waals surface area contributed by atoms with Crippen molar-refractivity contribution >= 4 is 17.8 Å². The van der Waals surface area contributed by atoms with Crippen LogP contribution < -0.4 is 5.32 Å². The molecule has 0 unspecified atom stereocenters. The van der Waals surface area contributed by atoms with Gasteiger partial charge < -0.3 is 15.2 Å². The largest absolute Gasteiger partial charge is 0.478 e. The Hall–Kier alpha value is -3.93. The second-order valence-electron chi connectivity index (χ2n) is 8.92. The molecule has 0 aliphatic carbocycles. The van der Waals surface area contributed by atoms with Gasteiger partial charge in [-0.2, -0.15) is 0 Å². The van der Waals surface area contributed by atoms with E-state index in [0.717, 1.165) is 5.56 Å². The Bertz CT molecular complexity index is 1160. The van der Waals surface area contributed by atoms with Crippen LogP contribution in [0, 0.1) is 5.41 Å². The molecule has 0 bridgehead atoms. The molecule has 33 heavy (non-hydrogen) atoms. The summed E-state index contributed by atoms with van der Waals surface area (Å²) in [6.45, 7) is 6.53. The summed E-state index contributed by atoms with van der Waals surface area (Å²) in [5.74, 6) is -2.07. The third-order valence-corrected chi connectivity index (χ3v) is 4.94. The first-order valence-electron chi connectivity index (χ1n) is 10.6. The van der Waals surface area contributed by atoms with E-state index in [4.69, 9.17) is 4.74 Å². The first kappa shape index (κ1) is 23.7. The van der Waals surface area contributed by atoms with Gasteiger partial charge in [-0.25, -0.2) is 9.59 Å². The lowest BCUT2D eigenvalue weighted by Crippen LogP contribution is -2.32. The van der Waals surface area contributed by atoms with Gasteiger partial charge in [-0.3, -0.25) is 4.79 Å². The fourth-order valence-corrected chi connectivity index (χ4v) is 3.24. The Labute approximate surface area is 193 Å². The van der Waals surface area contributed by atoms with Crippen LogP contribution in [0.2, 0.25) is 0 Å². The monoisotopic (exact) mass is 445 g/mol. The van der Waals surface area contributed by atoms with E-state index in [1.54, 1.807) is 30.3 Å². The third kappa shape index (κ3) is 6.29. The number of hydrogen-bond donors (Lipinski definition) is 2. The lowest BCUT2D eigenvalue weighted by atomic mass is 9.93. The van der Waals surface area contributed by atoms with Crippen molar-refractivity contribution in [1.82, 2.24) is 5.32 Å². The molecule has 6 nitrogen and oxygen atoms in total. The number of ether oxygens (including phenoxy) is 1. The van der Waals surface area contributed by atoms with Gasteiger partial charge in [0.15, 0.2) is 0 Å². The Balaban J connectivity index is 1.99. The second-order valence-corrected chi connectivity index (χ2v) is 8.92. The normalized spacial score (nSPS) is 11.0. The van der Waals surface area contributed by atoms with E-state index >= 15 is 0 Å². The van der Waals surface area contributed by atoms with Crippen molar-refractivity contribution in [1.29, 1.82) is 0 Å². The number of carbonyl (C=O) groups is 3. The summed E-state index contributed by atoms with van der Waals surface area (Å²) < 4.78 is 5.51. The summed E-state index contributed by atoms with van der Waals surface area (Å²) in [5, 5.41) is 12.5. The molecule has 0 atom stereocenters. The molecule has 0 aliphatic heterocycles. The van der Waals surface area contributed by atoms with Crippen molar-refractivity contribution in [2.45, 2.75) is 27.4 Å². The van der Waals surface area contributed by atoms with Crippen molar-refractivity contribution in [3.05, 3.63) is 95.1 Å². The zero-order valence-electron chi connectivity index (χ0n) is 18.9. The Morgan fingerprint density at radius 2 is 1.48 bits per heavy atom. The highest BCUT2D eigenvalue weighted by Crippen LogP contribution is 2.29. The van der Waals surface area contributed by atoms with E-state index < -0.39 is 11.9 Å². The van der Waals surface area contributed by atoms with Crippen LogP contribution in [-0.2, 0) is 11.3 Å². The van der Waals surface area contributed by atoms with Crippen LogP contribution in [0.3, 0.4) is 0 Å². The van der Waals surface area contributed by atoms with Crippen molar-refractivity contribution in [3.63, 3.8) is 0 Å². The predicted octanol–water partition coefficient (Wildman–Crippen LogP) is 5.18. The van der Waals surface area contributed by atoms with Crippen LogP contribution in [0.1, 0.15) is 57.4 Å². The fourth-order valence-electron chi connectivity index (χ4n) is 3.24. The number of esters is 1. The highest BCUT2D eigenvalue weighted by molar-refractivity contribution is 6.05. The molecular formula is C27H27NO5. The number of carboxylic acid groups (broad SMARTS) is 1. The van der Waals surface area contributed by atoms with Crippen molar-refractivity contribution in [3.8, 4) is 11.1 Å². The number of benzene rings is 3. The minimum atomic E-state index is -1.11. The maximum atomic E-state index is 13.1. The maximum Gasteiger partial charge on any atom is 0.339 e. The molecule has 3 aromatic rings. The highest BCUT2D eigenvalue weighted by atomic mass is 16.5. The van der Waals surface area contributed by atoms with Crippen LogP contribution in [-0.4, -0.2) is 29.5 Å². The molecule has 0 heterocycles. The van der Waals surface area contributed by atoms with Gasteiger partial charge in [-0.15, -0.1) is 0 Å². The minimum Gasteiger partial charge on any atom is -0.478 e. The predicted molar refractivity (Wildman–Crippen MR) is 126 cm³/mol. The summed E-state index contributed by atoms with van der Waals surface area (Å²) in [5.41, 5.74) is 1.95. The van der Waals surface area contributed by atoms with Gasteiger partial charge in [-0.1, -0.05) is 75.4 Å². The molecule has 170 valence electrons. The van der Waals surface area contributed by atoms with Crippen molar-refractivity contribution in [2.75, 3.05) is 6.54 Å². The van der Waals surface area contributed by atoms with Gasteiger partial charge in [0.25, 0.3) is 5.91 Å². The molecule has 0 aromatic heterocycles. The first-order valence-corrected chi connectivity index (χ1v) is 10.6. The molecule has 3 rings (SSSR count).